The van der Waals surface area contributed by atoms with Crippen LogP contribution in [0.1, 0.15) is 18.4 Å². The van der Waals surface area contributed by atoms with Crippen LogP contribution in [-0.2, 0) is 17.9 Å². The zero-order valence-electron chi connectivity index (χ0n) is 10.2. The van der Waals surface area contributed by atoms with E-state index in [2.05, 4.69) is 0 Å². The molecule has 5 heteroatoms. The van der Waals surface area contributed by atoms with Crippen LogP contribution in [0, 0.1) is 0 Å². The monoisotopic (exact) mass is 248 g/mol. The molecule has 0 fully saturated rings. The van der Waals surface area contributed by atoms with Crippen molar-refractivity contribution in [3.8, 4) is 0 Å². The summed E-state index contributed by atoms with van der Waals surface area (Å²) in [4.78, 5) is 13.6. The molecule has 0 unspecified atom stereocenters. The van der Waals surface area contributed by atoms with Crippen molar-refractivity contribution in [2.24, 2.45) is 5.73 Å². The van der Waals surface area contributed by atoms with Crippen LogP contribution >= 0.6 is 0 Å². The van der Waals surface area contributed by atoms with Gasteiger partial charge in [-0.15, -0.1) is 0 Å². The van der Waals surface area contributed by atoms with E-state index < -0.39 is 6.04 Å². The highest BCUT2D eigenvalue weighted by Crippen LogP contribution is 2.12. The van der Waals surface area contributed by atoms with E-state index in [9.17, 15) is 4.79 Å². The quantitative estimate of drug-likeness (QED) is 0.874. The van der Waals surface area contributed by atoms with Crippen molar-refractivity contribution in [2.45, 2.75) is 26.1 Å². The molecule has 96 valence electrons. The molecule has 0 saturated heterocycles. The maximum Gasteiger partial charge on any atom is 0.240 e. The average Bonchev–Trinajstić information content (AvgIpc) is 2.99. The smallest absolute Gasteiger partial charge is 0.240 e. The van der Waals surface area contributed by atoms with Gasteiger partial charge in [0.25, 0.3) is 0 Å². The molecule has 0 aliphatic heterocycles. The summed E-state index contributed by atoms with van der Waals surface area (Å²) in [5.74, 6) is 1.30. The van der Waals surface area contributed by atoms with Gasteiger partial charge in [-0.25, -0.2) is 0 Å². The van der Waals surface area contributed by atoms with Gasteiger partial charge < -0.3 is 19.5 Å². The highest BCUT2D eigenvalue weighted by molar-refractivity contribution is 5.81. The van der Waals surface area contributed by atoms with Gasteiger partial charge in [0, 0.05) is 0 Å². The summed E-state index contributed by atoms with van der Waals surface area (Å²) < 4.78 is 10.5. The molecule has 0 spiro atoms. The summed E-state index contributed by atoms with van der Waals surface area (Å²) in [6.07, 6.45) is 3.16. The minimum Gasteiger partial charge on any atom is -0.467 e. The van der Waals surface area contributed by atoms with Gasteiger partial charge in [-0.05, 0) is 31.2 Å². The molecule has 1 amide bonds. The van der Waals surface area contributed by atoms with Crippen molar-refractivity contribution < 1.29 is 13.6 Å². The zero-order valence-corrected chi connectivity index (χ0v) is 10.2. The fraction of sp³-hybridized carbons (Fsp3) is 0.308. The van der Waals surface area contributed by atoms with Gasteiger partial charge in [-0.3, -0.25) is 4.79 Å². The third-order valence-electron chi connectivity index (χ3n) is 2.55. The Labute approximate surface area is 105 Å². The fourth-order valence-corrected chi connectivity index (χ4v) is 1.68. The number of amides is 1. The second-order valence-corrected chi connectivity index (χ2v) is 4.14. The van der Waals surface area contributed by atoms with Crippen molar-refractivity contribution in [1.82, 2.24) is 4.90 Å². The van der Waals surface area contributed by atoms with Gasteiger partial charge in [0.2, 0.25) is 5.91 Å². The number of hydrogen-bond donors (Lipinski definition) is 1. The second-order valence-electron chi connectivity index (χ2n) is 4.14. The Kier molecular flexibility index (Phi) is 3.84. The molecule has 0 aliphatic rings. The minimum atomic E-state index is -0.546. The Bertz CT molecular complexity index is 438. The lowest BCUT2D eigenvalue weighted by atomic mass is 10.2. The third-order valence-corrected chi connectivity index (χ3v) is 2.55. The summed E-state index contributed by atoms with van der Waals surface area (Å²) in [5.41, 5.74) is 5.64. The minimum absolute atomic E-state index is 0.136. The van der Waals surface area contributed by atoms with E-state index in [1.54, 1.807) is 36.5 Å². The van der Waals surface area contributed by atoms with Gasteiger partial charge in [-0.2, -0.15) is 0 Å². The van der Waals surface area contributed by atoms with Crippen LogP contribution in [0.2, 0.25) is 0 Å². The summed E-state index contributed by atoms with van der Waals surface area (Å²) >= 11 is 0. The molecular weight excluding hydrogens is 232 g/mol. The van der Waals surface area contributed by atoms with Crippen molar-refractivity contribution >= 4 is 5.91 Å². The maximum atomic E-state index is 12.0. The predicted molar refractivity (Wildman–Crippen MR) is 65.3 cm³/mol. The first-order valence-corrected chi connectivity index (χ1v) is 5.76. The first kappa shape index (κ1) is 12.4. The number of nitrogens with zero attached hydrogens (tertiary/aromatic N) is 1. The molecule has 18 heavy (non-hydrogen) atoms. The molecule has 2 rings (SSSR count). The second kappa shape index (κ2) is 5.55. The topological polar surface area (TPSA) is 72.6 Å². The first-order chi connectivity index (χ1) is 8.66. The van der Waals surface area contributed by atoms with E-state index in [0.29, 0.717) is 13.1 Å². The van der Waals surface area contributed by atoms with Gasteiger partial charge in [0.1, 0.15) is 11.5 Å². The molecule has 2 aromatic heterocycles. The van der Waals surface area contributed by atoms with E-state index >= 15 is 0 Å². The SMILES string of the molecule is C[C@H](N)C(=O)N(Cc1ccco1)Cc1ccco1. The predicted octanol–water partition coefficient (Wildman–Crippen LogP) is 1.75. The molecular formula is C13H16N2O3. The van der Waals surface area contributed by atoms with Gasteiger partial charge in [-0.1, -0.05) is 0 Å². The molecule has 0 aliphatic carbocycles. The molecule has 5 nitrogen and oxygen atoms in total. The largest absolute Gasteiger partial charge is 0.467 e. The lowest BCUT2D eigenvalue weighted by molar-refractivity contribution is -0.134. The van der Waals surface area contributed by atoms with E-state index in [4.69, 9.17) is 14.6 Å². The Morgan fingerprint density at radius 2 is 1.72 bits per heavy atom. The van der Waals surface area contributed by atoms with Crippen LogP contribution in [0.4, 0.5) is 0 Å². The Morgan fingerprint density at radius 1 is 1.22 bits per heavy atom. The Morgan fingerprint density at radius 3 is 2.06 bits per heavy atom. The van der Waals surface area contributed by atoms with Crippen LogP contribution in [0.3, 0.4) is 0 Å². The third kappa shape index (κ3) is 3.01. The Hall–Kier alpha value is -2.01. The average molecular weight is 248 g/mol. The van der Waals surface area contributed by atoms with Gasteiger partial charge >= 0.3 is 0 Å². The molecule has 1 atom stereocenters. The molecule has 0 aromatic carbocycles. The van der Waals surface area contributed by atoms with E-state index in [1.807, 2.05) is 12.1 Å². The molecule has 2 N–H and O–H groups in total. The number of rotatable bonds is 5. The van der Waals surface area contributed by atoms with Crippen LogP contribution in [-0.4, -0.2) is 16.8 Å². The molecule has 0 saturated carbocycles. The molecule has 2 heterocycles. The van der Waals surface area contributed by atoms with Crippen LogP contribution in [0.15, 0.2) is 45.6 Å². The van der Waals surface area contributed by atoms with Crippen LogP contribution < -0.4 is 5.73 Å². The summed E-state index contributed by atoms with van der Waals surface area (Å²) in [7, 11) is 0. The number of nitrogens with two attached hydrogens (primary N) is 1. The van der Waals surface area contributed by atoms with E-state index in [-0.39, 0.29) is 5.91 Å². The lowest BCUT2D eigenvalue weighted by Crippen LogP contribution is -2.41. The number of hydrogen-bond acceptors (Lipinski definition) is 4. The van der Waals surface area contributed by atoms with Crippen molar-refractivity contribution in [3.05, 3.63) is 48.3 Å². The van der Waals surface area contributed by atoms with Crippen LogP contribution in [0.5, 0.6) is 0 Å². The standard InChI is InChI=1S/C13H16N2O3/c1-10(14)13(16)15(8-11-4-2-6-17-11)9-12-5-3-7-18-12/h2-7,10H,8-9,14H2,1H3/t10-/m0/s1. The molecule has 2 aromatic rings. The molecule has 0 radical (unpaired) electrons. The fourth-order valence-electron chi connectivity index (χ4n) is 1.68. The number of carbonyl (C=O) groups is 1. The van der Waals surface area contributed by atoms with E-state index in [0.717, 1.165) is 11.5 Å². The highest BCUT2D eigenvalue weighted by atomic mass is 16.3. The number of furan rings is 2. The Balaban J connectivity index is 2.09. The summed E-state index contributed by atoms with van der Waals surface area (Å²) in [6, 6.07) is 6.68. The van der Waals surface area contributed by atoms with Gasteiger partial charge in [0.05, 0.1) is 31.7 Å². The first-order valence-electron chi connectivity index (χ1n) is 5.76. The summed E-state index contributed by atoms with van der Waals surface area (Å²) in [5, 5.41) is 0. The zero-order chi connectivity index (χ0) is 13.0. The van der Waals surface area contributed by atoms with E-state index in [1.165, 1.54) is 0 Å². The van der Waals surface area contributed by atoms with Crippen molar-refractivity contribution in [1.29, 1.82) is 0 Å². The highest BCUT2D eigenvalue weighted by Gasteiger charge is 2.19. The number of carbonyl (C=O) groups excluding carboxylic acids is 1. The van der Waals surface area contributed by atoms with Crippen LogP contribution in [0.25, 0.3) is 0 Å². The van der Waals surface area contributed by atoms with Crippen molar-refractivity contribution in [3.63, 3.8) is 0 Å². The van der Waals surface area contributed by atoms with Gasteiger partial charge in [0.15, 0.2) is 0 Å². The summed E-state index contributed by atoms with van der Waals surface area (Å²) in [6.45, 7) is 2.43. The normalized spacial score (nSPS) is 12.3. The van der Waals surface area contributed by atoms with Crippen molar-refractivity contribution in [2.75, 3.05) is 0 Å². The lowest BCUT2D eigenvalue weighted by Gasteiger charge is -2.22. The molecule has 0 bridgehead atoms. The maximum absolute atomic E-state index is 12.0.